The molecule has 0 bridgehead atoms. The molecule has 0 aliphatic rings. The van der Waals surface area contributed by atoms with E-state index in [1.54, 1.807) is 14.1 Å². The minimum absolute atomic E-state index is 0.0677. The van der Waals surface area contributed by atoms with Gasteiger partial charge in [-0.05, 0) is 61.6 Å². The van der Waals surface area contributed by atoms with E-state index in [1.165, 1.54) is 5.56 Å². The summed E-state index contributed by atoms with van der Waals surface area (Å²) in [7, 11) is 3.42. The van der Waals surface area contributed by atoms with Crippen LogP contribution < -0.4 is 16.0 Å². The number of carbonyl (C=O) groups is 1. The van der Waals surface area contributed by atoms with Gasteiger partial charge < -0.3 is 16.0 Å². The average Bonchev–Trinajstić information content (AvgIpc) is 3.21. The Hall–Kier alpha value is -3.61. The predicted octanol–water partition coefficient (Wildman–Crippen LogP) is 2.88. The first-order valence-electron chi connectivity index (χ1n) is 11.0. The summed E-state index contributed by atoms with van der Waals surface area (Å²) in [6.45, 7) is 3.61. The van der Waals surface area contributed by atoms with E-state index < -0.39 is 0 Å². The van der Waals surface area contributed by atoms with Crippen molar-refractivity contribution in [3.05, 3.63) is 83.2 Å². The normalized spacial score (nSPS) is 11.3. The summed E-state index contributed by atoms with van der Waals surface area (Å²) in [6.07, 6.45) is 4.86. The molecular weight excluding hydrogens is 400 g/mol. The highest BCUT2D eigenvalue weighted by Crippen LogP contribution is 2.13. The van der Waals surface area contributed by atoms with Gasteiger partial charge in [0.15, 0.2) is 5.96 Å². The van der Waals surface area contributed by atoms with Gasteiger partial charge in [-0.3, -0.25) is 9.79 Å². The zero-order chi connectivity index (χ0) is 22.8. The molecule has 0 saturated heterocycles. The minimum Gasteiger partial charge on any atom is -0.356 e. The van der Waals surface area contributed by atoms with Crippen LogP contribution in [-0.4, -0.2) is 48.8 Å². The fourth-order valence-corrected chi connectivity index (χ4v) is 3.50. The molecule has 0 radical (unpaired) electrons. The second-order valence-electron chi connectivity index (χ2n) is 7.58. The molecule has 3 N–H and O–H groups in total. The zero-order valence-electron chi connectivity index (χ0n) is 19.1. The van der Waals surface area contributed by atoms with Crippen LogP contribution in [-0.2, 0) is 12.8 Å². The molecule has 1 aromatic heterocycles. The van der Waals surface area contributed by atoms with E-state index in [0.717, 1.165) is 55.3 Å². The Morgan fingerprint density at radius 1 is 1.03 bits per heavy atom. The topological polar surface area (TPSA) is 83.3 Å². The largest absolute Gasteiger partial charge is 0.356 e. The second kappa shape index (κ2) is 11.7. The number of hydrogen-bond acceptors (Lipinski definition) is 3. The molecule has 3 aromatic rings. The summed E-state index contributed by atoms with van der Waals surface area (Å²) in [5, 5.41) is 14.0. The van der Waals surface area contributed by atoms with Crippen LogP contribution in [0.3, 0.4) is 0 Å². The molecule has 0 fully saturated rings. The van der Waals surface area contributed by atoms with E-state index >= 15 is 0 Å². The molecule has 0 saturated carbocycles. The maximum Gasteiger partial charge on any atom is 0.251 e. The molecule has 168 valence electrons. The lowest BCUT2D eigenvalue weighted by molar-refractivity contribution is 0.0963. The maximum absolute atomic E-state index is 11.8. The molecule has 2 aromatic carbocycles. The van der Waals surface area contributed by atoms with Gasteiger partial charge in [0, 0.05) is 38.9 Å². The summed E-state index contributed by atoms with van der Waals surface area (Å²) in [4.78, 5) is 16.1. The molecule has 7 heteroatoms. The molecule has 32 heavy (non-hydrogen) atoms. The number of nitrogens with one attached hydrogen (secondary N) is 3. The molecule has 3 rings (SSSR count). The standard InChI is InChI=1S/C25H32N6O/c1-19-22(18-31(30-19)23-12-5-4-6-13-23)11-8-15-28-25(27-3)29-16-14-20-9-7-10-21(17-20)24(32)26-2/h4-7,9-10,12-13,17-18H,8,11,14-16H2,1-3H3,(H,26,32)(H2,27,28,29). The molecule has 1 amide bonds. The van der Waals surface area contributed by atoms with Crippen molar-refractivity contribution in [2.24, 2.45) is 4.99 Å². The fraction of sp³-hybridized carbons (Fsp3) is 0.320. The van der Waals surface area contributed by atoms with Crippen LogP contribution in [0.5, 0.6) is 0 Å². The maximum atomic E-state index is 11.8. The van der Waals surface area contributed by atoms with Gasteiger partial charge in [-0.15, -0.1) is 0 Å². The summed E-state index contributed by atoms with van der Waals surface area (Å²) in [5.74, 6) is 0.714. The van der Waals surface area contributed by atoms with Gasteiger partial charge >= 0.3 is 0 Å². The highest BCUT2D eigenvalue weighted by molar-refractivity contribution is 5.94. The number of benzene rings is 2. The third-order valence-corrected chi connectivity index (χ3v) is 5.28. The first-order chi connectivity index (χ1) is 15.6. The molecule has 0 atom stereocenters. The molecule has 0 aliphatic heterocycles. The molecular formula is C25H32N6O. The lowest BCUT2D eigenvalue weighted by Crippen LogP contribution is -2.38. The monoisotopic (exact) mass is 432 g/mol. The number of hydrogen-bond donors (Lipinski definition) is 3. The van der Waals surface area contributed by atoms with Gasteiger partial charge in [0.2, 0.25) is 0 Å². The number of para-hydroxylation sites is 1. The zero-order valence-corrected chi connectivity index (χ0v) is 19.1. The van der Waals surface area contributed by atoms with Gasteiger partial charge in [0.25, 0.3) is 5.91 Å². The Balaban J connectivity index is 1.41. The number of carbonyl (C=O) groups excluding carboxylic acids is 1. The van der Waals surface area contributed by atoms with E-state index in [0.29, 0.717) is 5.56 Å². The first kappa shape index (κ1) is 23.1. The van der Waals surface area contributed by atoms with Crippen molar-refractivity contribution in [3.63, 3.8) is 0 Å². The van der Waals surface area contributed by atoms with Crippen molar-refractivity contribution >= 4 is 11.9 Å². The summed E-state index contributed by atoms with van der Waals surface area (Å²) in [6, 6.07) is 17.9. The van der Waals surface area contributed by atoms with Crippen molar-refractivity contribution in [1.82, 2.24) is 25.7 Å². The van der Waals surface area contributed by atoms with E-state index in [2.05, 4.69) is 51.3 Å². The van der Waals surface area contributed by atoms with Crippen LogP contribution in [0.25, 0.3) is 5.69 Å². The number of guanidine groups is 1. The van der Waals surface area contributed by atoms with Gasteiger partial charge in [0.1, 0.15) is 0 Å². The lowest BCUT2D eigenvalue weighted by Gasteiger charge is -2.12. The predicted molar refractivity (Wildman–Crippen MR) is 130 cm³/mol. The minimum atomic E-state index is -0.0677. The number of aromatic nitrogens is 2. The second-order valence-corrected chi connectivity index (χ2v) is 7.58. The number of nitrogens with zero attached hydrogens (tertiary/aromatic N) is 3. The third-order valence-electron chi connectivity index (χ3n) is 5.28. The summed E-state index contributed by atoms with van der Waals surface area (Å²) in [5.41, 5.74) is 5.19. The van der Waals surface area contributed by atoms with E-state index in [4.69, 9.17) is 0 Å². The summed E-state index contributed by atoms with van der Waals surface area (Å²) >= 11 is 0. The quantitative estimate of drug-likeness (QED) is 0.276. The average molecular weight is 433 g/mol. The van der Waals surface area contributed by atoms with Crippen molar-refractivity contribution in [2.45, 2.75) is 26.2 Å². The Kier molecular flexibility index (Phi) is 8.43. The number of aliphatic imine (C=N–C) groups is 1. The highest BCUT2D eigenvalue weighted by atomic mass is 16.1. The van der Waals surface area contributed by atoms with Crippen LogP contribution in [0.15, 0.2) is 65.8 Å². The fourth-order valence-electron chi connectivity index (χ4n) is 3.50. The van der Waals surface area contributed by atoms with Crippen LogP contribution in [0.1, 0.15) is 33.6 Å². The smallest absolute Gasteiger partial charge is 0.251 e. The van der Waals surface area contributed by atoms with Gasteiger partial charge in [0.05, 0.1) is 11.4 Å². The van der Waals surface area contributed by atoms with E-state index in [1.807, 2.05) is 47.1 Å². The molecule has 0 spiro atoms. The molecule has 1 heterocycles. The number of rotatable bonds is 9. The Labute approximate surface area is 190 Å². The molecule has 7 nitrogen and oxygen atoms in total. The van der Waals surface area contributed by atoms with Crippen LogP contribution in [0, 0.1) is 6.92 Å². The molecule has 0 aliphatic carbocycles. The highest BCUT2D eigenvalue weighted by Gasteiger charge is 2.07. The number of aryl methyl sites for hydroxylation is 2. The van der Waals surface area contributed by atoms with Crippen molar-refractivity contribution in [1.29, 1.82) is 0 Å². The Morgan fingerprint density at radius 2 is 1.81 bits per heavy atom. The Bertz CT molecular complexity index is 1040. The van der Waals surface area contributed by atoms with Crippen LogP contribution in [0.4, 0.5) is 0 Å². The Morgan fingerprint density at radius 3 is 2.56 bits per heavy atom. The third kappa shape index (κ3) is 6.44. The number of amides is 1. The molecule has 0 unspecified atom stereocenters. The van der Waals surface area contributed by atoms with Gasteiger partial charge in [-0.25, -0.2) is 4.68 Å². The first-order valence-corrected chi connectivity index (χ1v) is 11.0. The van der Waals surface area contributed by atoms with Gasteiger partial charge in [-0.2, -0.15) is 5.10 Å². The van der Waals surface area contributed by atoms with Gasteiger partial charge in [-0.1, -0.05) is 30.3 Å². The lowest BCUT2D eigenvalue weighted by atomic mass is 10.1. The van der Waals surface area contributed by atoms with Crippen molar-refractivity contribution in [3.8, 4) is 5.69 Å². The van der Waals surface area contributed by atoms with Crippen LogP contribution >= 0.6 is 0 Å². The van der Waals surface area contributed by atoms with E-state index in [-0.39, 0.29) is 5.91 Å². The SMILES string of the molecule is CN=C(NCCCc1cn(-c2ccccc2)nc1C)NCCc1cccc(C(=O)NC)c1. The van der Waals surface area contributed by atoms with Crippen molar-refractivity contribution < 1.29 is 4.79 Å². The van der Waals surface area contributed by atoms with Crippen LogP contribution in [0.2, 0.25) is 0 Å². The summed E-state index contributed by atoms with van der Waals surface area (Å²) < 4.78 is 1.94. The van der Waals surface area contributed by atoms with E-state index in [9.17, 15) is 4.79 Å². The van der Waals surface area contributed by atoms with Crippen molar-refractivity contribution in [2.75, 3.05) is 27.2 Å².